The van der Waals surface area contributed by atoms with Crippen molar-refractivity contribution in [3.05, 3.63) is 64.3 Å². The predicted molar refractivity (Wildman–Crippen MR) is 146 cm³/mol. The van der Waals surface area contributed by atoms with Crippen molar-refractivity contribution >= 4 is 57.3 Å². The molecule has 0 aliphatic carbocycles. The number of benzene rings is 3. The Morgan fingerprint density at radius 2 is 1.69 bits per heavy atom. The first kappa shape index (κ1) is 25.5. The zero-order chi connectivity index (χ0) is 26.0. The van der Waals surface area contributed by atoms with Crippen molar-refractivity contribution in [1.29, 1.82) is 0 Å². The molecule has 36 heavy (non-hydrogen) atoms. The first-order valence-electron chi connectivity index (χ1n) is 11.3. The SMILES string of the molecule is COc1cc(OC)c(Cl)c(-c2ccc3nc(Nc4c(C)cccc4NC(=O)C(C)C)ncc3c2)c1Cl. The summed E-state index contributed by atoms with van der Waals surface area (Å²) in [5.74, 6) is 1.12. The van der Waals surface area contributed by atoms with Crippen molar-refractivity contribution in [2.75, 3.05) is 24.9 Å². The summed E-state index contributed by atoms with van der Waals surface area (Å²) in [4.78, 5) is 21.4. The Balaban J connectivity index is 1.71. The minimum Gasteiger partial charge on any atom is -0.495 e. The van der Waals surface area contributed by atoms with Crippen LogP contribution >= 0.6 is 23.2 Å². The highest BCUT2D eigenvalue weighted by molar-refractivity contribution is 6.41. The van der Waals surface area contributed by atoms with Crippen LogP contribution < -0.4 is 20.1 Å². The molecule has 0 saturated carbocycles. The minimum atomic E-state index is -0.143. The van der Waals surface area contributed by atoms with Crippen molar-refractivity contribution in [3.63, 3.8) is 0 Å². The molecule has 9 heteroatoms. The van der Waals surface area contributed by atoms with E-state index < -0.39 is 0 Å². The lowest BCUT2D eigenvalue weighted by molar-refractivity contribution is -0.118. The van der Waals surface area contributed by atoms with Gasteiger partial charge >= 0.3 is 0 Å². The van der Waals surface area contributed by atoms with Gasteiger partial charge in [-0.1, -0.05) is 55.2 Å². The third-order valence-electron chi connectivity index (χ3n) is 5.73. The van der Waals surface area contributed by atoms with Crippen molar-refractivity contribution in [1.82, 2.24) is 9.97 Å². The second kappa shape index (κ2) is 10.6. The van der Waals surface area contributed by atoms with Gasteiger partial charge in [-0.15, -0.1) is 0 Å². The van der Waals surface area contributed by atoms with Gasteiger partial charge in [0.2, 0.25) is 11.9 Å². The van der Waals surface area contributed by atoms with Gasteiger partial charge < -0.3 is 20.1 Å². The van der Waals surface area contributed by atoms with Gasteiger partial charge in [-0.05, 0) is 36.2 Å². The molecule has 2 N–H and O–H groups in total. The topological polar surface area (TPSA) is 85.4 Å². The Hall–Kier alpha value is -3.55. The maximum atomic E-state index is 12.3. The zero-order valence-electron chi connectivity index (χ0n) is 20.6. The van der Waals surface area contributed by atoms with Gasteiger partial charge in [0.05, 0.1) is 41.2 Å². The standard InChI is InChI=1S/C27H26Cl2N4O3/c1-14(2)26(34)31-19-8-6-7-15(3)25(19)33-27-30-13-17-11-16(9-10-18(17)32-27)22-23(28)20(35-4)12-21(36-5)24(22)29/h6-14H,1-5H3,(H,31,34)(H,30,32,33). The molecule has 0 radical (unpaired) electrons. The van der Waals surface area contributed by atoms with Crippen molar-refractivity contribution in [2.24, 2.45) is 5.92 Å². The zero-order valence-corrected chi connectivity index (χ0v) is 22.1. The van der Waals surface area contributed by atoms with E-state index in [2.05, 4.69) is 20.6 Å². The predicted octanol–water partition coefficient (Wildman–Crippen LogP) is 7.27. The summed E-state index contributed by atoms with van der Waals surface area (Å²) in [5, 5.41) is 7.79. The number of aryl methyl sites for hydroxylation is 1. The van der Waals surface area contributed by atoms with E-state index in [-0.39, 0.29) is 11.8 Å². The van der Waals surface area contributed by atoms with Crippen LogP contribution in [0.1, 0.15) is 19.4 Å². The fourth-order valence-corrected chi connectivity index (χ4v) is 4.43. The number of aromatic nitrogens is 2. The summed E-state index contributed by atoms with van der Waals surface area (Å²) >= 11 is 13.2. The maximum absolute atomic E-state index is 12.3. The third-order valence-corrected chi connectivity index (χ3v) is 6.48. The number of ether oxygens (including phenoxy) is 2. The van der Waals surface area contributed by atoms with Gasteiger partial charge in [0, 0.05) is 29.1 Å². The molecule has 0 bridgehead atoms. The summed E-state index contributed by atoms with van der Waals surface area (Å²) in [6, 6.07) is 13.0. The number of hydrogen-bond donors (Lipinski definition) is 2. The molecule has 0 aliphatic heterocycles. The summed E-state index contributed by atoms with van der Waals surface area (Å²) in [6.07, 6.45) is 1.72. The molecule has 186 valence electrons. The summed E-state index contributed by atoms with van der Waals surface area (Å²) in [7, 11) is 3.07. The molecule has 1 amide bonds. The molecule has 0 aliphatic rings. The lowest BCUT2D eigenvalue weighted by atomic mass is 10.0. The molecular weight excluding hydrogens is 499 g/mol. The monoisotopic (exact) mass is 524 g/mol. The highest BCUT2D eigenvalue weighted by Gasteiger charge is 2.19. The molecule has 1 heterocycles. The first-order valence-corrected chi connectivity index (χ1v) is 12.0. The van der Waals surface area contributed by atoms with Crippen molar-refractivity contribution < 1.29 is 14.3 Å². The lowest BCUT2D eigenvalue weighted by Crippen LogP contribution is -2.18. The van der Waals surface area contributed by atoms with Gasteiger partial charge in [0.1, 0.15) is 11.5 Å². The van der Waals surface area contributed by atoms with Gasteiger partial charge in [0.25, 0.3) is 0 Å². The Kier molecular flexibility index (Phi) is 7.52. The number of carbonyl (C=O) groups is 1. The smallest absolute Gasteiger partial charge is 0.227 e. The largest absolute Gasteiger partial charge is 0.495 e. The quantitative estimate of drug-likeness (QED) is 0.264. The van der Waals surface area contributed by atoms with E-state index in [0.717, 1.165) is 27.7 Å². The average Bonchev–Trinajstić information content (AvgIpc) is 2.86. The van der Waals surface area contributed by atoms with Crippen LogP contribution in [0.3, 0.4) is 0 Å². The number of hydrogen-bond acceptors (Lipinski definition) is 6. The number of methoxy groups -OCH3 is 2. The Morgan fingerprint density at radius 3 is 2.33 bits per heavy atom. The highest BCUT2D eigenvalue weighted by Crippen LogP contribution is 2.46. The number of nitrogens with zero attached hydrogens (tertiary/aromatic N) is 2. The molecule has 7 nitrogen and oxygen atoms in total. The maximum Gasteiger partial charge on any atom is 0.227 e. The van der Waals surface area contributed by atoms with Gasteiger partial charge in [-0.3, -0.25) is 4.79 Å². The molecular formula is C27H26Cl2N4O3. The number of fused-ring (bicyclic) bond motifs is 1. The van der Waals surface area contributed by atoms with Crippen LogP contribution in [-0.4, -0.2) is 30.1 Å². The van der Waals surface area contributed by atoms with E-state index in [1.807, 2.05) is 57.2 Å². The minimum absolute atomic E-state index is 0.0675. The summed E-state index contributed by atoms with van der Waals surface area (Å²) in [5.41, 5.74) is 4.46. The summed E-state index contributed by atoms with van der Waals surface area (Å²) < 4.78 is 10.8. The van der Waals surface area contributed by atoms with E-state index in [1.54, 1.807) is 12.3 Å². The second-order valence-corrected chi connectivity index (χ2v) is 9.27. The van der Waals surface area contributed by atoms with Crippen LogP contribution in [0.15, 0.2) is 48.7 Å². The number of carbonyl (C=O) groups excluding carboxylic acids is 1. The van der Waals surface area contributed by atoms with Crippen LogP contribution in [0, 0.1) is 12.8 Å². The molecule has 0 spiro atoms. The third kappa shape index (κ3) is 5.03. The molecule has 4 rings (SSSR count). The Morgan fingerprint density at radius 1 is 1.00 bits per heavy atom. The van der Waals surface area contributed by atoms with E-state index >= 15 is 0 Å². The number of amides is 1. The summed E-state index contributed by atoms with van der Waals surface area (Å²) in [6.45, 7) is 5.65. The number of nitrogens with one attached hydrogen (secondary N) is 2. The Bertz CT molecular complexity index is 1430. The highest BCUT2D eigenvalue weighted by atomic mass is 35.5. The molecule has 4 aromatic rings. The van der Waals surface area contributed by atoms with E-state index in [9.17, 15) is 4.79 Å². The lowest BCUT2D eigenvalue weighted by Gasteiger charge is -2.16. The molecule has 3 aromatic carbocycles. The van der Waals surface area contributed by atoms with Crippen molar-refractivity contribution in [3.8, 4) is 22.6 Å². The Labute approximate surface area is 219 Å². The number of anilines is 3. The van der Waals surface area contributed by atoms with Gasteiger partial charge in [-0.25, -0.2) is 9.97 Å². The van der Waals surface area contributed by atoms with Gasteiger partial charge in [0.15, 0.2) is 0 Å². The molecule has 0 atom stereocenters. The van der Waals surface area contributed by atoms with E-state index in [0.29, 0.717) is 38.7 Å². The average molecular weight is 525 g/mol. The molecule has 1 aromatic heterocycles. The molecule has 0 saturated heterocycles. The van der Waals surface area contributed by atoms with Crippen molar-refractivity contribution in [2.45, 2.75) is 20.8 Å². The van der Waals surface area contributed by atoms with E-state index in [4.69, 9.17) is 32.7 Å². The number of para-hydroxylation sites is 1. The normalized spacial score (nSPS) is 11.0. The second-order valence-electron chi connectivity index (χ2n) is 8.52. The van der Waals surface area contributed by atoms with Crippen LogP contribution in [0.2, 0.25) is 10.0 Å². The van der Waals surface area contributed by atoms with Crippen LogP contribution in [0.25, 0.3) is 22.0 Å². The van der Waals surface area contributed by atoms with E-state index in [1.165, 1.54) is 14.2 Å². The van der Waals surface area contributed by atoms with Crippen LogP contribution in [0.5, 0.6) is 11.5 Å². The number of rotatable bonds is 7. The molecule has 0 fully saturated rings. The first-order chi connectivity index (χ1) is 17.2. The fourth-order valence-electron chi connectivity index (χ4n) is 3.71. The molecule has 0 unspecified atom stereocenters. The number of halogens is 2. The van der Waals surface area contributed by atoms with Crippen LogP contribution in [-0.2, 0) is 4.79 Å². The van der Waals surface area contributed by atoms with Crippen LogP contribution in [0.4, 0.5) is 17.3 Å². The van der Waals surface area contributed by atoms with Gasteiger partial charge in [-0.2, -0.15) is 0 Å². The fraction of sp³-hybridized carbons (Fsp3) is 0.222.